The van der Waals surface area contributed by atoms with Crippen molar-refractivity contribution < 1.29 is 24.2 Å². The van der Waals surface area contributed by atoms with Gasteiger partial charge in [-0.3, -0.25) is 9.59 Å². The zero-order chi connectivity index (χ0) is 16.0. The molecule has 0 atom stereocenters. The van der Waals surface area contributed by atoms with Gasteiger partial charge in [-0.15, -0.1) is 11.8 Å². The molecule has 0 radical (unpaired) electrons. The fourth-order valence-corrected chi connectivity index (χ4v) is 2.42. The quantitative estimate of drug-likeness (QED) is 0.828. The van der Waals surface area contributed by atoms with E-state index in [1.165, 1.54) is 0 Å². The van der Waals surface area contributed by atoms with Gasteiger partial charge in [0.25, 0.3) is 0 Å². The summed E-state index contributed by atoms with van der Waals surface area (Å²) in [6, 6.07) is 0. The van der Waals surface area contributed by atoms with Crippen LogP contribution in [0.2, 0.25) is 0 Å². The molecular weight excluding hydrogens is 296 g/mol. The van der Waals surface area contributed by atoms with E-state index < -0.39 is 11.6 Å². The van der Waals surface area contributed by atoms with Crippen LogP contribution in [0, 0.1) is 0 Å². The van der Waals surface area contributed by atoms with Crippen molar-refractivity contribution in [3.63, 3.8) is 0 Å². The molecule has 1 N–H and O–H groups in total. The zero-order valence-electron chi connectivity index (χ0n) is 12.6. The number of thioether (sulfide) groups is 1. The molecule has 1 rings (SSSR count). The first kappa shape index (κ1) is 17.6. The summed E-state index contributed by atoms with van der Waals surface area (Å²) >= 11 is 1.08. The Labute approximate surface area is 128 Å². The predicted molar refractivity (Wildman–Crippen MR) is 79.3 cm³/mol. The standard InChI is InChI=1S/C13H22N2O5S/c1-13(2,3)20-12(19)15-6-4-14(5-7-15)10(16)8-21-9-11(17)18/h4-9H2,1-3H3,(H,17,18). The van der Waals surface area contributed by atoms with Gasteiger partial charge in [-0.25, -0.2) is 4.79 Å². The highest BCUT2D eigenvalue weighted by Crippen LogP contribution is 2.12. The van der Waals surface area contributed by atoms with Crippen LogP contribution in [0.3, 0.4) is 0 Å². The summed E-state index contributed by atoms with van der Waals surface area (Å²) in [4.78, 5) is 37.3. The fourth-order valence-electron chi connectivity index (χ4n) is 1.78. The van der Waals surface area contributed by atoms with Gasteiger partial charge in [-0.1, -0.05) is 0 Å². The second kappa shape index (κ2) is 7.53. The van der Waals surface area contributed by atoms with E-state index in [-0.39, 0.29) is 23.5 Å². The van der Waals surface area contributed by atoms with Gasteiger partial charge in [0, 0.05) is 26.2 Å². The smallest absolute Gasteiger partial charge is 0.410 e. The first-order chi connectivity index (χ1) is 9.69. The largest absolute Gasteiger partial charge is 0.481 e. The van der Waals surface area contributed by atoms with Gasteiger partial charge in [0.2, 0.25) is 5.91 Å². The molecule has 0 saturated carbocycles. The third kappa shape index (κ3) is 6.70. The molecule has 0 spiro atoms. The normalized spacial score (nSPS) is 15.8. The van der Waals surface area contributed by atoms with Gasteiger partial charge < -0.3 is 19.6 Å². The van der Waals surface area contributed by atoms with Gasteiger partial charge in [-0.05, 0) is 20.8 Å². The summed E-state index contributed by atoms with van der Waals surface area (Å²) in [5.74, 6) is -0.949. The van der Waals surface area contributed by atoms with Crippen LogP contribution in [-0.2, 0) is 14.3 Å². The molecular formula is C13H22N2O5S. The van der Waals surface area contributed by atoms with Crippen LogP contribution < -0.4 is 0 Å². The van der Waals surface area contributed by atoms with Gasteiger partial charge in [0.1, 0.15) is 5.60 Å². The molecule has 1 saturated heterocycles. The third-order valence-corrected chi connectivity index (χ3v) is 3.64. The molecule has 8 heteroatoms. The lowest BCUT2D eigenvalue weighted by Crippen LogP contribution is -2.52. The van der Waals surface area contributed by atoms with Crippen molar-refractivity contribution in [1.82, 2.24) is 9.80 Å². The van der Waals surface area contributed by atoms with Crippen molar-refractivity contribution in [3.8, 4) is 0 Å². The van der Waals surface area contributed by atoms with Crippen molar-refractivity contribution in [3.05, 3.63) is 0 Å². The number of amides is 2. The number of hydrogen-bond donors (Lipinski definition) is 1. The molecule has 21 heavy (non-hydrogen) atoms. The Kier molecular flexibility index (Phi) is 6.32. The first-order valence-corrected chi connectivity index (χ1v) is 7.90. The second-order valence-corrected chi connectivity index (χ2v) is 6.72. The van der Waals surface area contributed by atoms with Gasteiger partial charge in [0.15, 0.2) is 0 Å². The number of carboxylic acid groups (broad SMARTS) is 1. The van der Waals surface area contributed by atoms with E-state index >= 15 is 0 Å². The maximum absolute atomic E-state index is 11.9. The van der Waals surface area contributed by atoms with Crippen molar-refractivity contribution in [1.29, 1.82) is 0 Å². The molecule has 0 aliphatic carbocycles. The van der Waals surface area contributed by atoms with Crippen LogP contribution in [0.15, 0.2) is 0 Å². The summed E-state index contributed by atoms with van der Waals surface area (Å²) in [6.07, 6.45) is -0.366. The van der Waals surface area contributed by atoms with Crippen molar-refractivity contribution in [2.45, 2.75) is 26.4 Å². The minimum atomic E-state index is -0.928. The number of nitrogens with zero attached hydrogens (tertiary/aromatic N) is 2. The highest BCUT2D eigenvalue weighted by atomic mass is 32.2. The number of piperazine rings is 1. The van der Waals surface area contributed by atoms with Crippen molar-refractivity contribution in [2.75, 3.05) is 37.7 Å². The van der Waals surface area contributed by atoms with Gasteiger partial charge in [-0.2, -0.15) is 0 Å². The molecule has 1 fully saturated rings. The number of aliphatic carboxylic acids is 1. The molecule has 0 bridgehead atoms. The molecule has 1 aliphatic heterocycles. The lowest BCUT2D eigenvalue weighted by Gasteiger charge is -2.35. The van der Waals surface area contributed by atoms with E-state index in [0.717, 1.165) is 11.8 Å². The number of rotatable bonds is 4. The van der Waals surface area contributed by atoms with E-state index in [4.69, 9.17) is 9.84 Å². The average molecular weight is 318 g/mol. The van der Waals surface area contributed by atoms with Crippen molar-refractivity contribution >= 4 is 29.7 Å². The Morgan fingerprint density at radius 2 is 1.57 bits per heavy atom. The SMILES string of the molecule is CC(C)(C)OC(=O)N1CCN(C(=O)CSCC(=O)O)CC1. The molecule has 1 heterocycles. The lowest BCUT2D eigenvalue weighted by molar-refractivity contribution is -0.133. The number of carboxylic acids is 1. The molecule has 0 aromatic heterocycles. The Morgan fingerprint density at radius 3 is 2.05 bits per heavy atom. The number of ether oxygens (including phenoxy) is 1. The van der Waals surface area contributed by atoms with E-state index in [1.807, 2.05) is 20.8 Å². The number of carbonyl (C=O) groups excluding carboxylic acids is 2. The topological polar surface area (TPSA) is 87.2 Å². The molecule has 0 unspecified atom stereocenters. The molecule has 0 aromatic carbocycles. The first-order valence-electron chi connectivity index (χ1n) is 6.74. The van der Waals surface area contributed by atoms with E-state index in [2.05, 4.69) is 0 Å². The minimum absolute atomic E-state index is 0.0797. The van der Waals surface area contributed by atoms with Crippen molar-refractivity contribution in [2.24, 2.45) is 0 Å². The highest BCUT2D eigenvalue weighted by Gasteiger charge is 2.27. The summed E-state index contributed by atoms with van der Waals surface area (Å²) in [7, 11) is 0. The monoisotopic (exact) mass is 318 g/mol. The Balaban J connectivity index is 2.33. The van der Waals surface area contributed by atoms with E-state index in [1.54, 1.807) is 9.80 Å². The van der Waals surface area contributed by atoms with Crippen LogP contribution in [0.25, 0.3) is 0 Å². The van der Waals surface area contributed by atoms with Crippen LogP contribution in [-0.4, -0.2) is 76.2 Å². The van der Waals surface area contributed by atoms with Crippen LogP contribution in [0.4, 0.5) is 4.79 Å². The number of carbonyl (C=O) groups is 3. The van der Waals surface area contributed by atoms with Crippen LogP contribution >= 0.6 is 11.8 Å². The van der Waals surface area contributed by atoms with Gasteiger partial charge in [0.05, 0.1) is 11.5 Å². The summed E-state index contributed by atoms with van der Waals surface area (Å²) < 4.78 is 5.28. The fraction of sp³-hybridized carbons (Fsp3) is 0.769. The highest BCUT2D eigenvalue weighted by molar-refractivity contribution is 8.00. The van der Waals surface area contributed by atoms with E-state index in [9.17, 15) is 14.4 Å². The number of hydrogen-bond acceptors (Lipinski definition) is 5. The second-order valence-electron chi connectivity index (χ2n) is 5.73. The Hall–Kier alpha value is -1.44. The lowest BCUT2D eigenvalue weighted by atomic mass is 10.2. The molecule has 2 amide bonds. The zero-order valence-corrected chi connectivity index (χ0v) is 13.4. The summed E-state index contributed by atoms with van der Waals surface area (Å²) in [6.45, 7) is 7.20. The Bertz CT molecular complexity index is 400. The van der Waals surface area contributed by atoms with Gasteiger partial charge >= 0.3 is 12.1 Å². The minimum Gasteiger partial charge on any atom is -0.481 e. The molecule has 7 nitrogen and oxygen atoms in total. The van der Waals surface area contributed by atoms with E-state index in [0.29, 0.717) is 26.2 Å². The maximum Gasteiger partial charge on any atom is 0.410 e. The predicted octanol–water partition coefficient (Wildman–Crippen LogP) is 0.883. The Morgan fingerprint density at radius 1 is 1.05 bits per heavy atom. The molecule has 1 aliphatic rings. The summed E-state index contributed by atoms with van der Waals surface area (Å²) in [5, 5.41) is 8.52. The average Bonchev–Trinajstić information content (AvgIpc) is 2.36. The van der Waals surface area contributed by atoms with Crippen LogP contribution in [0.5, 0.6) is 0 Å². The third-order valence-electron chi connectivity index (χ3n) is 2.74. The summed E-state index contributed by atoms with van der Waals surface area (Å²) in [5.41, 5.74) is -0.530. The maximum atomic E-state index is 11.9. The molecule has 0 aromatic rings. The van der Waals surface area contributed by atoms with Crippen LogP contribution in [0.1, 0.15) is 20.8 Å². The molecule has 120 valence electrons.